The van der Waals surface area contributed by atoms with E-state index in [-0.39, 0.29) is 27.8 Å². The van der Waals surface area contributed by atoms with Crippen LogP contribution in [0.2, 0.25) is 10.0 Å². The van der Waals surface area contributed by atoms with Crippen LogP contribution in [-0.4, -0.2) is 7.11 Å². The Morgan fingerprint density at radius 2 is 1.64 bits per heavy atom. The Hall–Kier alpha value is -0.380. The van der Waals surface area contributed by atoms with Crippen LogP contribution in [0.5, 0.6) is 0 Å². The quantitative estimate of drug-likeness (QED) is 0.717. The second kappa shape index (κ2) is 4.43. The van der Waals surface area contributed by atoms with Gasteiger partial charge in [0.25, 0.3) is 0 Å². The maximum absolute atomic E-state index is 13.3. The lowest BCUT2D eigenvalue weighted by Gasteiger charge is -2.10. The molecule has 0 unspecified atom stereocenters. The molecule has 0 heterocycles. The van der Waals surface area contributed by atoms with Crippen LogP contribution in [-0.2, 0) is 11.3 Å². The van der Waals surface area contributed by atoms with Gasteiger partial charge in [-0.1, -0.05) is 23.2 Å². The van der Waals surface area contributed by atoms with Gasteiger partial charge in [0, 0.05) is 7.11 Å². The Kier molecular flexibility index (Phi) is 3.70. The molecule has 0 aromatic heterocycles. The fraction of sp³-hybridized carbons (Fsp3) is 0.222. The number of hydrogen-bond donors (Lipinski definition) is 0. The average molecular weight is 240 g/mol. The third-order valence-corrected chi connectivity index (χ3v) is 2.52. The molecule has 0 aliphatic heterocycles. The Labute approximate surface area is 90.6 Å². The van der Waals surface area contributed by atoms with Crippen molar-refractivity contribution in [2.75, 3.05) is 7.11 Å². The molecule has 1 radical (unpaired) electrons. The Balaban J connectivity index is 3.43. The highest BCUT2D eigenvalue weighted by Crippen LogP contribution is 2.32. The molecule has 0 fully saturated rings. The van der Waals surface area contributed by atoms with Crippen molar-refractivity contribution in [1.82, 2.24) is 0 Å². The molecule has 1 aromatic carbocycles. The summed E-state index contributed by atoms with van der Waals surface area (Å²) >= 11 is 11.1. The molecule has 0 spiro atoms. The second-order valence-corrected chi connectivity index (χ2v) is 3.40. The van der Waals surface area contributed by atoms with Crippen molar-refractivity contribution < 1.29 is 13.5 Å². The van der Waals surface area contributed by atoms with Crippen LogP contribution in [0.25, 0.3) is 0 Å². The van der Waals surface area contributed by atoms with Crippen molar-refractivity contribution in [2.24, 2.45) is 0 Å². The Bertz CT molecular complexity index is 337. The van der Waals surface area contributed by atoms with Crippen LogP contribution in [0.1, 0.15) is 11.1 Å². The molecule has 1 rings (SSSR count). The summed E-state index contributed by atoms with van der Waals surface area (Å²) in [5, 5.41) is -0.549. The van der Waals surface area contributed by atoms with Crippen molar-refractivity contribution in [3.8, 4) is 0 Å². The van der Waals surface area contributed by atoms with Crippen LogP contribution in [0.15, 0.2) is 0 Å². The first-order valence-electron chi connectivity index (χ1n) is 3.66. The van der Waals surface area contributed by atoms with Gasteiger partial charge in [0.05, 0.1) is 22.2 Å². The van der Waals surface area contributed by atoms with Crippen molar-refractivity contribution in [2.45, 2.75) is 6.61 Å². The largest absolute Gasteiger partial charge is 0.380 e. The van der Waals surface area contributed by atoms with E-state index >= 15 is 0 Å². The highest BCUT2D eigenvalue weighted by Gasteiger charge is 2.19. The van der Waals surface area contributed by atoms with E-state index in [9.17, 15) is 8.78 Å². The fourth-order valence-electron chi connectivity index (χ4n) is 0.994. The number of benzene rings is 1. The molecule has 0 saturated heterocycles. The lowest BCUT2D eigenvalue weighted by Crippen LogP contribution is -2.01. The molecule has 1 aromatic rings. The maximum Gasteiger partial charge on any atom is 0.150 e. The topological polar surface area (TPSA) is 9.23 Å². The molecule has 0 saturated carbocycles. The molecule has 0 aliphatic rings. The summed E-state index contributed by atoms with van der Waals surface area (Å²) in [6.45, 7) is 3.13. The SMILES string of the molecule is [CH2]c1c(Cl)c(F)c(COC)c(F)c1Cl. The summed E-state index contributed by atoms with van der Waals surface area (Å²) in [4.78, 5) is 0. The van der Waals surface area contributed by atoms with Crippen molar-refractivity contribution in [1.29, 1.82) is 0 Å². The van der Waals surface area contributed by atoms with Gasteiger partial charge >= 0.3 is 0 Å². The molecular weight excluding hydrogens is 233 g/mol. The van der Waals surface area contributed by atoms with Crippen molar-refractivity contribution in [3.05, 3.63) is 39.7 Å². The van der Waals surface area contributed by atoms with E-state index < -0.39 is 11.6 Å². The van der Waals surface area contributed by atoms with E-state index in [1.807, 2.05) is 0 Å². The number of methoxy groups -OCH3 is 1. The minimum absolute atomic E-state index is 0.0526. The molecule has 0 aliphatic carbocycles. The van der Waals surface area contributed by atoms with Crippen LogP contribution in [0.3, 0.4) is 0 Å². The molecule has 0 amide bonds. The van der Waals surface area contributed by atoms with Gasteiger partial charge in [-0.15, -0.1) is 0 Å². The van der Waals surface area contributed by atoms with Gasteiger partial charge in [-0.25, -0.2) is 8.78 Å². The number of rotatable bonds is 2. The lowest BCUT2D eigenvalue weighted by molar-refractivity contribution is 0.177. The van der Waals surface area contributed by atoms with Crippen molar-refractivity contribution in [3.63, 3.8) is 0 Å². The molecule has 0 bridgehead atoms. The summed E-state index contributed by atoms with van der Waals surface area (Å²) in [6.07, 6.45) is 0. The highest BCUT2D eigenvalue weighted by molar-refractivity contribution is 6.36. The molecule has 1 nitrogen and oxygen atoms in total. The van der Waals surface area contributed by atoms with Gasteiger partial charge in [-0.05, 0) is 12.5 Å². The molecule has 14 heavy (non-hydrogen) atoms. The van der Waals surface area contributed by atoms with E-state index in [1.165, 1.54) is 7.11 Å². The van der Waals surface area contributed by atoms with E-state index in [0.717, 1.165) is 0 Å². The molecule has 0 N–H and O–H groups in total. The Morgan fingerprint density at radius 1 is 1.21 bits per heavy atom. The van der Waals surface area contributed by atoms with E-state index in [4.69, 9.17) is 23.2 Å². The standard InChI is InChI=1S/C9H7Cl2F2O/c1-4-6(10)8(12)5(3-14-2)9(13)7(4)11/h1,3H2,2H3. The van der Waals surface area contributed by atoms with Crippen LogP contribution >= 0.6 is 23.2 Å². The first kappa shape index (κ1) is 11.7. The Morgan fingerprint density at radius 3 is 2.00 bits per heavy atom. The van der Waals surface area contributed by atoms with Gasteiger partial charge in [0.15, 0.2) is 11.6 Å². The molecule has 77 valence electrons. The van der Waals surface area contributed by atoms with E-state index in [1.54, 1.807) is 0 Å². The summed E-state index contributed by atoms with van der Waals surface area (Å²) in [5.74, 6) is -1.75. The zero-order chi connectivity index (χ0) is 10.9. The first-order valence-corrected chi connectivity index (χ1v) is 4.42. The summed E-state index contributed by atoms with van der Waals surface area (Å²) in [5.41, 5.74) is -0.335. The predicted molar refractivity (Wildman–Crippen MR) is 51.6 cm³/mol. The highest BCUT2D eigenvalue weighted by atomic mass is 35.5. The number of ether oxygens (including phenoxy) is 1. The normalized spacial score (nSPS) is 10.7. The zero-order valence-electron chi connectivity index (χ0n) is 7.33. The number of hydrogen-bond acceptors (Lipinski definition) is 1. The number of halogens is 4. The lowest BCUT2D eigenvalue weighted by atomic mass is 10.1. The summed E-state index contributed by atoms with van der Waals surface area (Å²) in [6, 6.07) is 0. The van der Waals surface area contributed by atoms with Crippen LogP contribution < -0.4 is 0 Å². The minimum atomic E-state index is -0.875. The third-order valence-electron chi connectivity index (χ3n) is 1.73. The average Bonchev–Trinajstić information content (AvgIpc) is 2.19. The van der Waals surface area contributed by atoms with Gasteiger partial charge in [0.2, 0.25) is 0 Å². The zero-order valence-corrected chi connectivity index (χ0v) is 8.85. The van der Waals surface area contributed by atoms with Crippen LogP contribution in [0, 0.1) is 18.6 Å². The minimum Gasteiger partial charge on any atom is -0.380 e. The van der Waals surface area contributed by atoms with Crippen LogP contribution in [0.4, 0.5) is 8.78 Å². The van der Waals surface area contributed by atoms with Gasteiger partial charge < -0.3 is 4.74 Å². The van der Waals surface area contributed by atoms with E-state index in [0.29, 0.717) is 0 Å². The summed E-state index contributed by atoms with van der Waals surface area (Å²) < 4.78 is 31.3. The molecular formula is C9H7Cl2F2O. The maximum atomic E-state index is 13.3. The predicted octanol–water partition coefficient (Wildman–Crippen LogP) is 3.60. The first-order chi connectivity index (χ1) is 6.50. The van der Waals surface area contributed by atoms with Gasteiger partial charge in [0.1, 0.15) is 0 Å². The fourth-order valence-corrected chi connectivity index (χ4v) is 1.46. The second-order valence-electron chi connectivity index (χ2n) is 2.65. The molecule has 5 heteroatoms. The van der Waals surface area contributed by atoms with E-state index in [2.05, 4.69) is 11.7 Å². The smallest absolute Gasteiger partial charge is 0.150 e. The van der Waals surface area contributed by atoms with Crippen molar-refractivity contribution >= 4 is 23.2 Å². The van der Waals surface area contributed by atoms with Gasteiger partial charge in [-0.3, -0.25) is 0 Å². The summed E-state index contributed by atoms with van der Waals surface area (Å²) in [7, 11) is 1.32. The molecule has 0 atom stereocenters. The van der Waals surface area contributed by atoms with Gasteiger partial charge in [-0.2, -0.15) is 0 Å². The monoisotopic (exact) mass is 239 g/mol. The third kappa shape index (κ3) is 1.85.